The molecule has 2 heterocycles. The van der Waals surface area contributed by atoms with Crippen molar-refractivity contribution >= 4 is 11.8 Å². The van der Waals surface area contributed by atoms with Gasteiger partial charge in [-0.05, 0) is 31.5 Å². The van der Waals surface area contributed by atoms with Crippen molar-refractivity contribution < 1.29 is 0 Å². The van der Waals surface area contributed by atoms with Crippen molar-refractivity contribution in [1.82, 2.24) is 15.0 Å². The number of nitrogens with one attached hydrogen (secondary N) is 2. The van der Waals surface area contributed by atoms with E-state index in [2.05, 4.69) is 32.6 Å². The first-order valence-corrected chi connectivity index (χ1v) is 5.67. The van der Waals surface area contributed by atoms with Crippen LogP contribution >= 0.6 is 0 Å². The molecular formula is C12H16N6. The number of hydrazine groups is 1. The fourth-order valence-corrected chi connectivity index (χ4v) is 1.60. The van der Waals surface area contributed by atoms with Crippen molar-refractivity contribution in [2.75, 3.05) is 10.7 Å². The second-order valence-electron chi connectivity index (χ2n) is 4.02. The Morgan fingerprint density at radius 3 is 2.67 bits per heavy atom. The average molecular weight is 244 g/mol. The molecule has 0 aromatic carbocycles. The minimum absolute atomic E-state index is 0.132. The molecule has 0 spiro atoms. The molecule has 0 aliphatic carbocycles. The summed E-state index contributed by atoms with van der Waals surface area (Å²) in [5, 5.41) is 3.33. The molecule has 1 atom stereocenters. The zero-order valence-electron chi connectivity index (χ0n) is 10.4. The van der Waals surface area contributed by atoms with Gasteiger partial charge in [-0.25, -0.2) is 10.8 Å². The predicted octanol–water partition coefficient (Wildman–Crippen LogP) is 1.64. The molecule has 2 aromatic rings. The summed E-state index contributed by atoms with van der Waals surface area (Å²) in [5.41, 5.74) is 4.55. The van der Waals surface area contributed by atoms with Crippen LogP contribution in [0, 0.1) is 6.92 Å². The molecule has 0 saturated carbocycles. The van der Waals surface area contributed by atoms with Crippen LogP contribution in [0.25, 0.3) is 0 Å². The maximum absolute atomic E-state index is 5.30. The van der Waals surface area contributed by atoms with E-state index in [4.69, 9.17) is 5.84 Å². The van der Waals surface area contributed by atoms with Crippen molar-refractivity contribution in [1.29, 1.82) is 0 Å². The Kier molecular flexibility index (Phi) is 3.69. The van der Waals surface area contributed by atoms with Crippen molar-refractivity contribution in [3.63, 3.8) is 0 Å². The summed E-state index contributed by atoms with van der Waals surface area (Å²) in [6.07, 6.45) is 5.27. The third kappa shape index (κ3) is 2.72. The predicted molar refractivity (Wildman–Crippen MR) is 70.9 cm³/mol. The smallest absolute Gasteiger partial charge is 0.239 e. The lowest BCUT2D eigenvalue weighted by atomic mass is 10.1. The Labute approximate surface area is 106 Å². The van der Waals surface area contributed by atoms with E-state index in [9.17, 15) is 0 Å². The van der Waals surface area contributed by atoms with Crippen LogP contribution < -0.4 is 16.6 Å². The minimum atomic E-state index is 0.132. The van der Waals surface area contributed by atoms with Crippen LogP contribution in [0.3, 0.4) is 0 Å². The molecular weight excluding hydrogens is 228 g/mol. The number of pyridine rings is 1. The van der Waals surface area contributed by atoms with E-state index in [1.807, 2.05) is 19.1 Å². The van der Waals surface area contributed by atoms with Crippen molar-refractivity contribution in [2.24, 2.45) is 5.84 Å². The molecule has 2 rings (SSSR count). The second kappa shape index (κ2) is 5.42. The number of nitrogens with two attached hydrogens (primary N) is 1. The number of nitrogens with zero attached hydrogens (tertiary/aromatic N) is 3. The highest BCUT2D eigenvalue weighted by Crippen LogP contribution is 2.20. The molecule has 0 radical (unpaired) electrons. The number of rotatable bonds is 4. The first kappa shape index (κ1) is 12.3. The Bertz CT molecular complexity index is 513. The molecule has 2 aromatic heterocycles. The Morgan fingerprint density at radius 1 is 1.28 bits per heavy atom. The normalized spacial score (nSPS) is 11.9. The van der Waals surface area contributed by atoms with E-state index >= 15 is 0 Å². The minimum Gasteiger partial charge on any atom is -0.363 e. The summed E-state index contributed by atoms with van der Waals surface area (Å²) < 4.78 is 0. The summed E-state index contributed by atoms with van der Waals surface area (Å²) >= 11 is 0. The van der Waals surface area contributed by atoms with E-state index < -0.39 is 0 Å². The summed E-state index contributed by atoms with van der Waals surface area (Å²) in [7, 11) is 0. The lowest BCUT2D eigenvalue weighted by Gasteiger charge is -2.16. The van der Waals surface area contributed by atoms with Gasteiger partial charge in [-0.1, -0.05) is 0 Å². The van der Waals surface area contributed by atoms with E-state index in [-0.39, 0.29) is 6.04 Å². The van der Waals surface area contributed by atoms with Gasteiger partial charge in [0.25, 0.3) is 0 Å². The number of aromatic nitrogens is 3. The molecule has 4 N–H and O–H groups in total. The zero-order valence-corrected chi connectivity index (χ0v) is 10.4. The van der Waals surface area contributed by atoms with Gasteiger partial charge in [-0.2, -0.15) is 4.98 Å². The lowest BCUT2D eigenvalue weighted by Crippen LogP contribution is -2.14. The monoisotopic (exact) mass is 244 g/mol. The van der Waals surface area contributed by atoms with Gasteiger partial charge in [0.15, 0.2) is 0 Å². The largest absolute Gasteiger partial charge is 0.363 e. The molecule has 0 aliphatic rings. The summed E-state index contributed by atoms with van der Waals surface area (Å²) in [4.78, 5) is 12.3. The molecule has 0 saturated heterocycles. The van der Waals surface area contributed by atoms with Gasteiger partial charge in [-0.15, -0.1) is 0 Å². The second-order valence-corrected chi connectivity index (χ2v) is 4.02. The first-order valence-electron chi connectivity index (χ1n) is 5.67. The van der Waals surface area contributed by atoms with Gasteiger partial charge in [0.2, 0.25) is 5.95 Å². The fraction of sp³-hybridized carbons (Fsp3) is 0.250. The van der Waals surface area contributed by atoms with Crippen molar-refractivity contribution in [3.05, 3.63) is 41.9 Å². The fourth-order valence-electron chi connectivity index (χ4n) is 1.60. The highest BCUT2D eigenvalue weighted by molar-refractivity contribution is 5.47. The van der Waals surface area contributed by atoms with Crippen LogP contribution in [-0.2, 0) is 0 Å². The quantitative estimate of drug-likeness (QED) is 0.559. The number of anilines is 2. The van der Waals surface area contributed by atoms with Crippen molar-refractivity contribution in [2.45, 2.75) is 19.9 Å². The Balaban J connectivity index is 2.18. The maximum Gasteiger partial charge on any atom is 0.239 e. The van der Waals surface area contributed by atoms with Gasteiger partial charge in [0.1, 0.15) is 5.82 Å². The lowest BCUT2D eigenvalue weighted by molar-refractivity contribution is 0.864. The molecule has 0 aliphatic heterocycles. The van der Waals surface area contributed by atoms with Gasteiger partial charge in [0.05, 0.1) is 6.04 Å². The molecule has 0 bridgehead atoms. The zero-order chi connectivity index (χ0) is 13.0. The van der Waals surface area contributed by atoms with Crippen LogP contribution in [0.15, 0.2) is 30.7 Å². The van der Waals surface area contributed by atoms with Gasteiger partial charge >= 0.3 is 0 Å². The highest BCUT2D eigenvalue weighted by Gasteiger charge is 2.08. The summed E-state index contributed by atoms with van der Waals surface area (Å²) in [5.74, 6) is 6.46. The van der Waals surface area contributed by atoms with E-state index in [1.54, 1.807) is 18.6 Å². The number of hydrogen-bond acceptors (Lipinski definition) is 6. The molecule has 18 heavy (non-hydrogen) atoms. The van der Waals surface area contributed by atoms with E-state index in [0.717, 1.165) is 16.9 Å². The van der Waals surface area contributed by atoms with Gasteiger partial charge in [0, 0.05) is 24.2 Å². The molecule has 6 nitrogen and oxygen atoms in total. The van der Waals surface area contributed by atoms with Gasteiger partial charge < -0.3 is 5.32 Å². The van der Waals surface area contributed by atoms with Crippen LogP contribution in [0.4, 0.5) is 11.8 Å². The topological polar surface area (TPSA) is 88.8 Å². The first-order chi connectivity index (χ1) is 8.70. The van der Waals surface area contributed by atoms with E-state index in [1.165, 1.54) is 0 Å². The number of hydrogen-bond donors (Lipinski definition) is 3. The molecule has 94 valence electrons. The van der Waals surface area contributed by atoms with Crippen LogP contribution in [0.5, 0.6) is 0 Å². The average Bonchev–Trinajstić information content (AvgIpc) is 2.42. The number of nitrogen functional groups attached to an aromatic ring is 1. The number of aryl methyl sites for hydroxylation is 1. The van der Waals surface area contributed by atoms with E-state index in [0.29, 0.717) is 5.95 Å². The third-order valence-electron chi connectivity index (χ3n) is 2.66. The summed E-state index contributed by atoms with van der Waals surface area (Å²) in [6.45, 7) is 4.01. The molecule has 0 fully saturated rings. The Hall–Kier alpha value is -2.21. The standard InChI is InChI=1S/C12H16N6/c1-8-7-15-12(18-13)17-11(8)16-9(2)10-3-5-14-6-4-10/h3-7,9H,13H2,1-2H3,(H2,15,16,17,18). The van der Waals surface area contributed by atoms with Crippen LogP contribution in [0.2, 0.25) is 0 Å². The van der Waals surface area contributed by atoms with Gasteiger partial charge in [-0.3, -0.25) is 10.4 Å². The van der Waals surface area contributed by atoms with Crippen LogP contribution in [0.1, 0.15) is 24.1 Å². The SMILES string of the molecule is Cc1cnc(NN)nc1NC(C)c1ccncc1. The Morgan fingerprint density at radius 2 is 2.00 bits per heavy atom. The van der Waals surface area contributed by atoms with Crippen LogP contribution in [-0.4, -0.2) is 15.0 Å². The van der Waals surface area contributed by atoms with Crippen molar-refractivity contribution in [3.8, 4) is 0 Å². The third-order valence-corrected chi connectivity index (χ3v) is 2.66. The summed E-state index contributed by atoms with van der Waals surface area (Å²) in [6, 6.07) is 4.07. The molecule has 0 amide bonds. The maximum atomic E-state index is 5.30. The highest BCUT2D eigenvalue weighted by atomic mass is 15.3. The molecule has 6 heteroatoms. The molecule has 1 unspecified atom stereocenters.